The van der Waals surface area contributed by atoms with Crippen LogP contribution in [0.2, 0.25) is 0 Å². The Balaban J connectivity index is 2.33. The number of alkyl carbamates (subject to hydrolysis) is 1. The topological polar surface area (TPSA) is 163 Å². The fraction of sp³-hybridized carbons (Fsp3) is 0.609. The van der Waals surface area contributed by atoms with Crippen molar-refractivity contribution in [3.63, 3.8) is 0 Å². The van der Waals surface area contributed by atoms with E-state index in [-0.39, 0.29) is 30.2 Å². The maximum absolute atomic E-state index is 13.5. The number of benzene rings is 1. The Morgan fingerprint density at radius 1 is 1.29 bits per heavy atom. The van der Waals surface area contributed by atoms with Crippen molar-refractivity contribution in [1.82, 2.24) is 10.6 Å². The molecular formula is C23H34N4O7. The van der Waals surface area contributed by atoms with Gasteiger partial charge in [0.15, 0.2) is 0 Å². The molecule has 188 valence electrons. The molecule has 1 aliphatic carbocycles. The van der Waals surface area contributed by atoms with Gasteiger partial charge in [0.05, 0.1) is 29.6 Å². The van der Waals surface area contributed by atoms with Gasteiger partial charge in [-0.05, 0) is 59.4 Å². The van der Waals surface area contributed by atoms with E-state index in [1.54, 1.807) is 33.8 Å². The number of nitro benzene ring substituents is 1. The van der Waals surface area contributed by atoms with Crippen LogP contribution in [-0.2, 0) is 19.1 Å². The van der Waals surface area contributed by atoms with Crippen LogP contribution in [0.25, 0.3) is 0 Å². The van der Waals surface area contributed by atoms with Gasteiger partial charge < -0.3 is 25.8 Å². The van der Waals surface area contributed by atoms with Crippen LogP contribution in [0.5, 0.6) is 0 Å². The van der Waals surface area contributed by atoms with E-state index in [4.69, 9.17) is 15.2 Å². The second kappa shape index (κ2) is 11.3. The molecule has 0 spiro atoms. The van der Waals surface area contributed by atoms with Crippen molar-refractivity contribution in [1.29, 1.82) is 0 Å². The standard InChI is InChI=1S/C23H34N4O7/c1-5-33-19(28)13-17(16-10-6-7-11-18(16)27(31)32)25-20(29)23(14-15(23)9-8-12-24)26-21(30)34-22(2,3)4/h6-7,10-11,15,17H,5,8-9,12-14,24H2,1-4H3,(H,25,29)(H,26,30). The van der Waals surface area contributed by atoms with Crippen LogP contribution in [0.4, 0.5) is 10.5 Å². The van der Waals surface area contributed by atoms with Crippen LogP contribution >= 0.6 is 0 Å². The number of nitrogens with two attached hydrogens (primary N) is 1. The Bertz CT molecular complexity index is 915. The van der Waals surface area contributed by atoms with E-state index in [2.05, 4.69) is 10.6 Å². The molecule has 2 amide bonds. The smallest absolute Gasteiger partial charge is 0.408 e. The Morgan fingerprint density at radius 2 is 1.97 bits per heavy atom. The minimum absolute atomic E-state index is 0.127. The summed E-state index contributed by atoms with van der Waals surface area (Å²) in [5.41, 5.74) is 3.52. The number of nitro groups is 1. The molecule has 0 radical (unpaired) electrons. The molecule has 3 atom stereocenters. The van der Waals surface area contributed by atoms with Gasteiger partial charge in [0.25, 0.3) is 5.69 Å². The summed E-state index contributed by atoms with van der Waals surface area (Å²) in [5, 5.41) is 17.0. The number of nitrogens with zero attached hydrogens (tertiary/aromatic N) is 1. The van der Waals surface area contributed by atoms with E-state index >= 15 is 0 Å². The van der Waals surface area contributed by atoms with Gasteiger partial charge in [-0.3, -0.25) is 19.7 Å². The summed E-state index contributed by atoms with van der Waals surface area (Å²) in [5.74, 6) is -1.35. The number of esters is 1. The van der Waals surface area contributed by atoms with E-state index in [1.807, 2.05) is 0 Å². The number of hydrogen-bond donors (Lipinski definition) is 3. The first kappa shape index (κ1) is 27.0. The number of rotatable bonds is 11. The molecule has 0 aliphatic heterocycles. The maximum atomic E-state index is 13.5. The van der Waals surface area contributed by atoms with Crippen LogP contribution in [0.3, 0.4) is 0 Å². The van der Waals surface area contributed by atoms with Crippen molar-refractivity contribution in [3.8, 4) is 0 Å². The van der Waals surface area contributed by atoms with E-state index < -0.39 is 40.1 Å². The molecular weight excluding hydrogens is 444 g/mol. The molecule has 0 heterocycles. The third-order valence-electron chi connectivity index (χ3n) is 5.48. The van der Waals surface area contributed by atoms with Gasteiger partial charge in [0, 0.05) is 6.07 Å². The molecule has 1 aliphatic rings. The minimum atomic E-state index is -1.26. The van der Waals surface area contributed by atoms with E-state index in [0.29, 0.717) is 25.8 Å². The van der Waals surface area contributed by atoms with E-state index in [1.165, 1.54) is 18.2 Å². The highest BCUT2D eigenvalue weighted by molar-refractivity contribution is 5.94. The third kappa shape index (κ3) is 7.14. The van der Waals surface area contributed by atoms with Crippen molar-refractivity contribution in [2.24, 2.45) is 11.7 Å². The predicted molar refractivity (Wildman–Crippen MR) is 124 cm³/mol. The van der Waals surface area contributed by atoms with Gasteiger partial charge in [-0.1, -0.05) is 18.2 Å². The van der Waals surface area contributed by atoms with Gasteiger partial charge >= 0.3 is 12.1 Å². The van der Waals surface area contributed by atoms with Crippen LogP contribution < -0.4 is 16.4 Å². The lowest BCUT2D eigenvalue weighted by Crippen LogP contribution is -2.52. The fourth-order valence-electron chi connectivity index (χ4n) is 3.88. The van der Waals surface area contributed by atoms with Gasteiger partial charge in [0.1, 0.15) is 11.1 Å². The Labute approximate surface area is 198 Å². The Kier molecular flexibility index (Phi) is 8.97. The molecule has 0 saturated heterocycles. The highest BCUT2D eigenvalue weighted by atomic mass is 16.6. The van der Waals surface area contributed by atoms with Crippen molar-refractivity contribution in [2.45, 2.75) is 70.6 Å². The average molecular weight is 479 g/mol. The number of carbonyl (C=O) groups is 3. The lowest BCUT2D eigenvalue weighted by molar-refractivity contribution is -0.385. The molecule has 1 aromatic carbocycles. The third-order valence-corrected chi connectivity index (χ3v) is 5.48. The zero-order valence-electron chi connectivity index (χ0n) is 20.1. The molecule has 0 aromatic heterocycles. The average Bonchev–Trinajstić information content (AvgIpc) is 3.43. The number of ether oxygens (including phenoxy) is 2. The molecule has 0 bridgehead atoms. The molecule has 2 rings (SSSR count). The number of amides is 2. The second-order valence-corrected chi connectivity index (χ2v) is 9.28. The minimum Gasteiger partial charge on any atom is -0.466 e. The number of carbonyl (C=O) groups excluding carboxylic acids is 3. The summed E-state index contributed by atoms with van der Waals surface area (Å²) in [6, 6.07) is 4.84. The lowest BCUT2D eigenvalue weighted by Gasteiger charge is -2.26. The highest BCUT2D eigenvalue weighted by Gasteiger charge is 2.61. The van der Waals surface area contributed by atoms with Gasteiger partial charge in [-0.2, -0.15) is 0 Å². The highest BCUT2D eigenvalue weighted by Crippen LogP contribution is 2.47. The first-order valence-corrected chi connectivity index (χ1v) is 11.3. The number of hydrogen-bond acceptors (Lipinski definition) is 8. The van der Waals surface area contributed by atoms with Crippen LogP contribution in [0.15, 0.2) is 24.3 Å². The summed E-state index contributed by atoms with van der Waals surface area (Å²) in [4.78, 5) is 49.2. The van der Waals surface area contributed by atoms with Crippen molar-refractivity contribution >= 4 is 23.7 Å². The predicted octanol–water partition coefficient (Wildman–Crippen LogP) is 2.73. The van der Waals surface area contributed by atoms with Crippen LogP contribution in [0, 0.1) is 16.0 Å². The fourth-order valence-corrected chi connectivity index (χ4v) is 3.88. The summed E-state index contributed by atoms with van der Waals surface area (Å²) in [6.07, 6.45) is 0.576. The zero-order chi connectivity index (χ0) is 25.5. The summed E-state index contributed by atoms with van der Waals surface area (Å²) in [7, 11) is 0. The number of para-hydroxylation sites is 1. The first-order chi connectivity index (χ1) is 15.9. The zero-order valence-corrected chi connectivity index (χ0v) is 20.1. The number of nitrogens with one attached hydrogen (secondary N) is 2. The summed E-state index contributed by atoms with van der Waals surface area (Å²) < 4.78 is 10.3. The molecule has 3 unspecified atom stereocenters. The van der Waals surface area contributed by atoms with Crippen molar-refractivity contribution in [3.05, 3.63) is 39.9 Å². The second-order valence-electron chi connectivity index (χ2n) is 9.28. The Hall–Kier alpha value is -3.21. The Morgan fingerprint density at radius 3 is 2.56 bits per heavy atom. The van der Waals surface area contributed by atoms with Crippen molar-refractivity contribution < 1.29 is 28.8 Å². The van der Waals surface area contributed by atoms with Crippen LogP contribution in [-0.4, -0.2) is 47.2 Å². The monoisotopic (exact) mass is 478 g/mol. The normalized spacial score (nSPS) is 20.1. The molecule has 11 nitrogen and oxygen atoms in total. The van der Waals surface area contributed by atoms with Gasteiger partial charge in [0.2, 0.25) is 5.91 Å². The molecule has 34 heavy (non-hydrogen) atoms. The summed E-state index contributed by atoms with van der Waals surface area (Å²) >= 11 is 0. The molecule has 4 N–H and O–H groups in total. The van der Waals surface area contributed by atoms with E-state index in [0.717, 1.165) is 0 Å². The molecule has 1 aromatic rings. The van der Waals surface area contributed by atoms with E-state index in [9.17, 15) is 24.5 Å². The lowest BCUT2D eigenvalue weighted by atomic mass is 10.00. The first-order valence-electron chi connectivity index (χ1n) is 11.3. The van der Waals surface area contributed by atoms with Crippen LogP contribution in [0.1, 0.15) is 65.0 Å². The maximum Gasteiger partial charge on any atom is 0.408 e. The quantitative estimate of drug-likeness (QED) is 0.248. The molecule has 1 saturated carbocycles. The largest absolute Gasteiger partial charge is 0.466 e. The van der Waals surface area contributed by atoms with Gasteiger partial charge in [-0.25, -0.2) is 4.79 Å². The molecule has 11 heteroatoms. The SMILES string of the molecule is CCOC(=O)CC(NC(=O)C1(NC(=O)OC(C)(C)C)CC1CCCN)c1ccccc1[N+](=O)[O-]. The summed E-state index contributed by atoms with van der Waals surface area (Å²) in [6.45, 7) is 7.33. The van der Waals surface area contributed by atoms with Crippen molar-refractivity contribution in [2.75, 3.05) is 13.2 Å². The van der Waals surface area contributed by atoms with Gasteiger partial charge in [-0.15, -0.1) is 0 Å². The molecule has 1 fully saturated rings.